The van der Waals surface area contributed by atoms with Gasteiger partial charge >= 0.3 is 0 Å². The fourth-order valence-corrected chi connectivity index (χ4v) is 3.30. The Labute approximate surface area is 156 Å². The average Bonchev–Trinajstić information content (AvgIpc) is 2.87. The Bertz CT molecular complexity index is 963. The summed E-state index contributed by atoms with van der Waals surface area (Å²) in [5, 5.41) is 4.39. The lowest BCUT2D eigenvalue weighted by atomic mass is 9.98. The Morgan fingerprint density at radius 3 is 2.74 bits per heavy atom. The standard InChI is InChI=1S/C20H21FN4O2/c1-4-6-17-12(2)19-16(11-24(17)13(3)26)18(20(22)27)23-25(19)15-8-5-7-14(21)9-10-15/h4-10,14H,11H2,1-3H3,(H2,22,27)/b6-4-. The quantitative estimate of drug-likeness (QED) is 0.891. The summed E-state index contributed by atoms with van der Waals surface area (Å²) in [5.41, 5.74) is 9.03. The smallest absolute Gasteiger partial charge is 0.269 e. The summed E-state index contributed by atoms with van der Waals surface area (Å²) >= 11 is 0. The zero-order valence-electron chi connectivity index (χ0n) is 15.4. The number of aromatic nitrogens is 2. The molecule has 6 nitrogen and oxygen atoms in total. The van der Waals surface area contributed by atoms with E-state index < -0.39 is 12.1 Å². The van der Waals surface area contributed by atoms with Gasteiger partial charge in [-0.2, -0.15) is 5.10 Å². The van der Waals surface area contributed by atoms with Crippen molar-refractivity contribution in [3.63, 3.8) is 0 Å². The molecule has 0 bridgehead atoms. The number of amides is 2. The van der Waals surface area contributed by atoms with Crippen molar-refractivity contribution in [2.45, 2.75) is 33.5 Å². The number of hydrogen-bond acceptors (Lipinski definition) is 3. The van der Waals surface area contributed by atoms with Crippen molar-refractivity contribution in [2.24, 2.45) is 5.73 Å². The van der Waals surface area contributed by atoms with Gasteiger partial charge in [-0.05, 0) is 49.8 Å². The Kier molecular flexibility index (Phi) is 4.94. The number of carbonyl (C=O) groups excluding carboxylic acids is 2. The van der Waals surface area contributed by atoms with Crippen LogP contribution in [0.4, 0.5) is 4.39 Å². The van der Waals surface area contributed by atoms with E-state index in [1.54, 1.807) is 27.8 Å². The van der Waals surface area contributed by atoms with Crippen LogP contribution in [-0.2, 0) is 11.3 Å². The maximum atomic E-state index is 13.6. The first-order valence-electron chi connectivity index (χ1n) is 8.60. The van der Waals surface area contributed by atoms with E-state index in [1.165, 1.54) is 19.1 Å². The molecule has 1 aromatic rings. The molecule has 1 aromatic heterocycles. The predicted octanol–water partition coefficient (Wildman–Crippen LogP) is 2.96. The molecule has 140 valence electrons. The molecule has 0 saturated carbocycles. The van der Waals surface area contributed by atoms with Crippen LogP contribution in [0.1, 0.15) is 42.5 Å². The van der Waals surface area contributed by atoms with E-state index in [-0.39, 0.29) is 18.1 Å². The molecule has 0 fully saturated rings. The maximum absolute atomic E-state index is 13.6. The molecule has 1 aliphatic heterocycles. The van der Waals surface area contributed by atoms with Crippen molar-refractivity contribution in [2.75, 3.05) is 0 Å². The van der Waals surface area contributed by atoms with E-state index in [0.29, 0.717) is 17.0 Å². The van der Waals surface area contributed by atoms with Crippen molar-refractivity contribution in [3.8, 4) is 0 Å². The van der Waals surface area contributed by atoms with Crippen molar-refractivity contribution in [1.29, 1.82) is 0 Å². The third-order valence-corrected chi connectivity index (χ3v) is 4.53. The first-order chi connectivity index (χ1) is 12.8. The Hall–Kier alpha value is -3.22. The summed E-state index contributed by atoms with van der Waals surface area (Å²) in [4.78, 5) is 25.7. The minimum absolute atomic E-state index is 0.106. The average molecular weight is 368 g/mol. The molecule has 0 aromatic carbocycles. The van der Waals surface area contributed by atoms with Gasteiger partial charge in [0.15, 0.2) is 5.69 Å². The summed E-state index contributed by atoms with van der Waals surface area (Å²) in [6.07, 6.45) is 10.3. The second kappa shape index (κ2) is 7.19. The third-order valence-electron chi connectivity index (χ3n) is 4.53. The number of alkyl halides is 1. The fraction of sp³-hybridized carbons (Fsp3) is 0.250. The minimum atomic E-state index is -1.19. The van der Waals surface area contributed by atoms with Crippen LogP contribution in [0.5, 0.6) is 0 Å². The van der Waals surface area contributed by atoms with Gasteiger partial charge in [0.2, 0.25) is 5.91 Å². The third kappa shape index (κ3) is 3.28. The van der Waals surface area contributed by atoms with E-state index in [4.69, 9.17) is 5.73 Å². The van der Waals surface area contributed by atoms with Crippen LogP contribution in [0, 0.1) is 0 Å². The number of hydrogen-bond donors (Lipinski definition) is 1. The number of primary amides is 1. The van der Waals surface area contributed by atoms with Gasteiger partial charge in [0, 0.05) is 18.2 Å². The highest BCUT2D eigenvalue weighted by molar-refractivity contribution is 5.95. The van der Waals surface area contributed by atoms with Crippen LogP contribution in [0.3, 0.4) is 0 Å². The van der Waals surface area contributed by atoms with Gasteiger partial charge in [0.1, 0.15) is 6.17 Å². The summed E-state index contributed by atoms with van der Waals surface area (Å²) in [7, 11) is 0. The second-order valence-electron chi connectivity index (χ2n) is 6.35. The SMILES string of the molecule is C/C=C\C1=C(C)c2c(c(C(N)=O)nn2C2=CC=CC(F)C=C2)CN1C(C)=O. The highest BCUT2D eigenvalue weighted by atomic mass is 19.1. The van der Waals surface area contributed by atoms with E-state index in [2.05, 4.69) is 5.10 Å². The first kappa shape index (κ1) is 18.6. The predicted molar refractivity (Wildman–Crippen MR) is 102 cm³/mol. The van der Waals surface area contributed by atoms with Crippen molar-refractivity contribution in [3.05, 3.63) is 65.2 Å². The molecule has 1 aliphatic carbocycles. The zero-order chi connectivity index (χ0) is 19.7. The van der Waals surface area contributed by atoms with Gasteiger partial charge < -0.3 is 10.6 Å². The van der Waals surface area contributed by atoms with Crippen molar-refractivity contribution in [1.82, 2.24) is 14.7 Å². The highest BCUT2D eigenvalue weighted by Crippen LogP contribution is 2.36. The molecule has 0 saturated heterocycles. The molecule has 27 heavy (non-hydrogen) atoms. The summed E-state index contributed by atoms with van der Waals surface area (Å²) < 4.78 is 15.2. The summed E-state index contributed by atoms with van der Waals surface area (Å²) in [6.45, 7) is 5.39. The molecule has 1 atom stereocenters. The van der Waals surface area contributed by atoms with Gasteiger partial charge in [-0.25, -0.2) is 9.07 Å². The van der Waals surface area contributed by atoms with Crippen LogP contribution in [-0.4, -0.2) is 32.7 Å². The van der Waals surface area contributed by atoms with E-state index in [9.17, 15) is 14.0 Å². The fourth-order valence-electron chi connectivity index (χ4n) is 3.30. The number of nitrogens with two attached hydrogens (primary N) is 1. The Morgan fingerprint density at radius 2 is 2.11 bits per heavy atom. The number of allylic oxidation sites excluding steroid dienone is 9. The number of nitrogens with zero attached hydrogens (tertiary/aromatic N) is 3. The van der Waals surface area contributed by atoms with Gasteiger partial charge in [-0.3, -0.25) is 9.59 Å². The van der Waals surface area contributed by atoms with Crippen molar-refractivity contribution < 1.29 is 14.0 Å². The number of fused-ring (bicyclic) bond motifs is 1. The molecular formula is C20H21FN4O2. The lowest BCUT2D eigenvalue weighted by Gasteiger charge is -2.29. The summed E-state index contributed by atoms with van der Waals surface area (Å²) in [6, 6.07) is 0. The van der Waals surface area contributed by atoms with Crippen LogP contribution in [0.25, 0.3) is 11.3 Å². The second-order valence-corrected chi connectivity index (χ2v) is 6.35. The minimum Gasteiger partial charge on any atom is -0.364 e. The van der Waals surface area contributed by atoms with Gasteiger partial charge in [-0.15, -0.1) is 0 Å². The molecule has 3 rings (SSSR count). The molecule has 1 unspecified atom stereocenters. The van der Waals surface area contributed by atoms with Crippen LogP contribution < -0.4 is 5.73 Å². The lowest BCUT2D eigenvalue weighted by Crippen LogP contribution is -2.32. The molecule has 0 spiro atoms. The largest absolute Gasteiger partial charge is 0.364 e. The van der Waals surface area contributed by atoms with E-state index in [1.807, 2.05) is 26.0 Å². The molecule has 2 heterocycles. The number of rotatable bonds is 3. The van der Waals surface area contributed by atoms with Gasteiger partial charge in [0.25, 0.3) is 5.91 Å². The van der Waals surface area contributed by atoms with Gasteiger partial charge in [-0.1, -0.05) is 12.2 Å². The van der Waals surface area contributed by atoms with Crippen LogP contribution in [0.2, 0.25) is 0 Å². The van der Waals surface area contributed by atoms with Crippen LogP contribution in [0.15, 0.2) is 48.2 Å². The first-order valence-corrected chi connectivity index (χ1v) is 8.60. The molecular weight excluding hydrogens is 347 g/mol. The number of halogens is 1. The summed E-state index contributed by atoms with van der Waals surface area (Å²) in [5.74, 6) is -0.819. The normalized spacial score (nSPS) is 19.3. The van der Waals surface area contributed by atoms with E-state index in [0.717, 1.165) is 11.3 Å². The topological polar surface area (TPSA) is 81.2 Å². The highest BCUT2D eigenvalue weighted by Gasteiger charge is 2.32. The Balaban J connectivity index is 2.28. The van der Waals surface area contributed by atoms with Crippen molar-refractivity contribution >= 4 is 23.1 Å². The Morgan fingerprint density at radius 1 is 1.37 bits per heavy atom. The number of carbonyl (C=O) groups is 2. The lowest BCUT2D eigenvalue weighted by molar-refractivity contribution is -0.127. The molecule has 2 amide bonds. The van der Waals surface area contributed by atoms with E-state index >= 15 is 0 Å². The molecule has 2 aliphatic rings. The molecule has 0 radical (unpaired) electrons. The molecule has 7 heteroatoms. The van der Waals surface area contributed by atoms with Crippen LogP contribution >= 0.6 is 0 Å². The zero-order valence-corrected chi connectivity index (χ0v) is 15.4. The maximum Gasteiger partial charge on any atom is 0.269 e. The monoisotopic (exact) mass is 368 g/mol. The van der Waals surface area contributed by atoms with Gasteiger partial charge in [0.05, 0.1) is 17.9 Å². The molecule has 2 N–H and O–H groups in total.